The van der Waals surface area contributed by atoms with Gasteiger partial charge in [0.1, 0.15) is 0 Å². The Kier molecular flexibility index (Phi) is 6.88. The van der Waals surface area contributed by atoms with Gasteiger partial charge in [0.05, 0.1) is 6.54 Å². The maximum atomic E-state index is 12.6. The Morgan fingerprint density at radius 3 is 2.41 bits per heavy atom. The number of aliphatic carboxylic acids is 1. The van der Waals surface area contributed by atoms with E-state index in [1.807, 2.05) is 66.5 Å². The molecular weight excluding hydrogens is 366 g/mol. The van der Waals surface area contributed by atoms with E-state index in [2.05, 4.69) is 17.2 Å². The van der Waals surface area contributed by atoms with Crippen LogP contribution in [-0.2, 0) is 4.79 Å². The second kappa shape index (κ2) is 9.76. The number of carbonyl (C=O) groups excluding carboxylic acids is 1. The largest absolute Gasteiger partial charge is 0.480 e. The van der Waals surface area contributed by atoms with E-state index >= 15 is 0 Å². The number of nitrogens with zero attached hydrogens (tertiary/aromatic N) is 2. The second-order valence-electron chi connectivity index (χ2n) is 7.15. The van der Waals surface area contributed by atoms with Crippen LogP contribution >= 0.6 is 0 Å². The standard InChI is InChI=1S/C23H25N3O3/c1-25(17-22(27)28)21-12-14-26(15-13-21)23(29)24-20-9-5-8-19(16-20)11-10-18-6-3-2-4-7-18/h2-9,16,21H,12-15,17H2,1H3,(H,24,29)(H,27,28). The number of urea groups is 1. The van der Waals surface area contributed by atoms with Gasteiger partial charge in [0, 0.05) is 35.9 Å². The lowest BCUT2D eigenvalue weighted by atomic mass is 10.0. The van der Waals surface area contributed by atoms with Crippen molar-refractivity contribution in [2.45, 2.75) is 18.9 Å². The normalized spacial score (nSPS) is 14.2. The summed E-state index contributed by atoms with van der Waals surface area (Å²) in [5.41, 5.74) is 2.48. The molecule has 1 aliphatic heterocycles. The molecule has 1 saturated heterocycles. The van der Waals surface area contributed by atoms with Gasteiger partial charge in [0.25, 0.3) is 0 Å². The van der Waals surface area contributed by atoms with Crippen LogP contribution in [0.4, 0.5) is 10.5 Å². The molecule has 2 aromatic rings. The Balaban J connectivity index is 1.55. The monoisotopic (exact) mass is 391 g/mol. The summed E-state index contributed by atoms with van der Waals surface area (Å²) in [5.74, 6) is 5.40. The van der Waals surface area contributed by atoms with Crippen LogP contribution in [0.25, 0.3) is 0 Å². The van der Waals surface area contributed by atoms with Gasteiger partial charge < -0.3 is 15.3 Å². The number of piperidine rings is 1. The van der Waals surface area contributed by atoms with Gasteiger partial charge in [0.2, 0.25) is 0 Å². The number of anilines is 1. The highest BCUT2D eigenvalue weighted by atomic mass is 16.4. The van der Waals surface area contributed by atoms with E-state index in [-0.39, 0.29) is 18.6 Å². The first-order chi connectivity index (χ1) is 14.0. The number of hydrogen-bond donors (Lipinski definition) is 2. The van der Waals surface area contributed by atoms with E-state index in [1.54, 1.807) is 4.90 Å². The van der Waals surface area contributed by atoms with Crippen molar-refractivity contribution in [1.29, 1.82) is 0 Å². The molecule has 0 atom stereocenters. The summed E-state index contributed by atoms with van der Waals surface area (Å²) in [4.78, 5) is 27.1. The predicted octanol–water partition coefficient (Wildman–Crippen LogP) is 3.10. The smallest absolute Gasteiger partial charge is 0.321 e. The van der Waals surface area contributed by atoms with Crippen molar-refractivity contribution >= 4 is 17.7 Å². The van der Waals surface area contributed by atoms with Crippen LogP contribution in [0.15, 0.2) is 54.6 Å². The third kappa shape index (κ3) is 6.09. The van der Waals surface area contributed by atoms with Crippen LogP contribution in [0.2, 0.25) is 0 Å². The number of likely N-dealkylation sites (N-methyl/N-ethyl adjacent to an activating group) is 1. The number of carboxylic acids is 1. The molecular formula is C23H25N3O3. The Morgan fingerprint density at radius 2 is 1.72 bits per heavy atom. The zero-order valence-electron chi connectivity index (χ0n) is 16.5. The number of hydrogen-bond acceptors (Lipinski definition) is 3. The summed E-state index contributed by atoms with van der Waals surface area (Å²) >= 11 is 0. The highest BCUT2D eigenvalue weighted by molar-refractivity contribution is 5.89. The molecule has 6 heteroatoms. The Labute approximate surface area is 171 Å². The minimum atomic E-state index is -0.831. The van der Waals surface area contributed by atoms with Gasteiger partial charge in [-0.25, -0.2) is 4.79 Å². The summed E-state index contributed by atoms with van der Waals surface area (Å²) in [6.45, 7) is 1.23. The highest BCUT2D eigenvalue weighted by Gasteiger charge is 2.26. The maximum Gasteiger partial charge on any atom is 0.321 e. The number of rotatable bonds is 4. The predicted molar refractivity (Wildman–Crippen MR) is 113 cm³/mol. The van der Waals surface area contributed by atoms with Crippen molar-refractivity contribution in [2.75, 3.05) is 32.0 Å². The topological polar surface area (TPSA) is 72.9 Å². The summed E-state index contributed by atoms with van der Waals surface area (Å²) in [6, 6.07) is 17.3. The van der Waals surface area contributed by atoms with E-state index in [0.717, 1.165) is 24.0 Å². The minimum Gasteiger partial charge on any atom is -0.480 e. The fourth-order valence-corrected chi connectivity index (χ4v) is 3.40. The first-order valence-electron chi connectivity index (χ1n) is 9.66. The molecule has 0 spiro atoms. The van der Waals surface area contributed by atoms with Gasteiger partial charge >= 0.3 is 12.0 Å². The Morgan fingerprint density at radius 1 is 1.07 bits per heavy atom. The fraction of sp³-hybridized carbons (Fsp3) is 0.304. The molecule has 0 aliphatic carbocycles. The highest BCUT2D eigenvalue weighted by Crippen LogP contribution is 2.17. The number of amides is 2. The molecule has 2 N–H and O–H groups in total. The van der Waals surface area contributed by atoms with Crippen molar-refractivity contribution in [3.8, 4) is 11.8 Å². The molecule has 2 aromatic carbocycles. The molecule has 1 fully saturated rings. The van der Waals surface area contributed by atoms with E-state index in [1.165, 1.54) is 0 Å². The first-order valence-corrected chi connectivity index (χ1v) is 9.66. The van der Waals surface area contributed by atoms with E-state index in [4.69, 9.17) is 5.11 Å². The first kappa shape index (κ1) is 20.4. The summed E-state index contributed by atoms with van der Waals surface area (Å²) in [7, 11) is 1.82. The molecule has 0 unspecified atom stereocenters. The Bertz CT molecular complexity index is 910. The lowest BCUT2D eigenvalue weighted by Gasteiger charge is -2.36. The number of benzene rings is 2. The molecule has 1 heterocycles. The molecule has 6 nitrogen and oxygen atoms in total. The Hall–Kier alpha value is -3.30. The van der Waals surface area contributed by atoms with Crippen molar-refractivity contribution < 1.29 is 14.7 Å². The molecule has 0 bridgehead atoms. The van der Waals surface area contributed by atoms with Crippen molar-refractivity contribution in [3.05, 3.63) is 65.7 Å². The van der Waals surface area contributed by atoms with E-state index in [0.29, 0.717) is 18.8 Å². The quantitative estimate of drug-likeness (QED) is 0.786. The molecule has 0 aromatic heterocycles. The van der Waals surface area contributed by atoms with Crippen LogP contribution in [0.5, 0.6) is 0 Å². The number of nitrogens with one attached hydrogen (secondary N) is 1. The van der Waals surface area contributed by atoms with Gasteiger partial charge in [0.15, 0.2) is 0 Å². The van der Waals surface area contributed by atoms with Gasteiger partial charge in [-0.1, -0.05) is 36.1 Å². The number of carboxylic acid groups (broad SMARTS) is 1. The van der Waals surface area contributed by atoms with Crippen LogP contribution in [-0.4, -0.2) is 59.6 Å². The second-order valence-corrected chi connectivity index (χ2v) is 7.15. The summed E-state index contributed by atoms with van der Waals surface area (Å²) in [6.07, 6.45) is 1.53. The molecule has 29 heavy (non-hydrogen) atoms. The molecule has 150 valence electrons. The maximum absolute atomic E-state index is 12.6. The van der Waals surface area contributed by atoms with Gasteiger partial charge in [-0.15, -0.1) is 0 Å². The zero-order valence-corrected chi connectivity index (χ0v) is 16.5. The van der Waals surface area contributed by atoms with Gasteiger partial charge in [-0.05, 0) is 50.2 Å². The molecule has 2 amide bonds. The lowest BCUT2D eigenvalue weighted by Crippen LogP contribution is -2.47. The average molecular weight is 391 g/mol. The third-order valence-corrected chi connectivity index (χ3v) is 5.00. The van der Waals surface area contributed by atoms with Gasteiger partial charge in [-0.3, -0.25) is 9.69 Å². The lowest BCUT2D eigenvalue weighted by molar-refractivity contribution is -0.138. The van der Waals surface area contributed by atoms with Crippen LogP contribution in [0, 0.1) is 11.8 Å². The molecule has 3 rings (SSSR count). The SMILES string of the molecule is CN(CC(=O)O)C1CCN(C(=O)Nc2cccc(C#Cc3ccccc3)c2)CC1. The van der Waals surface area contributed by atoms with Crippen molar-refractivity contribution in [2.24, 2.45) is 0 Å². The molecule has 1 aliphatic rings. The van der Waals surface area contributed by atoms with Gasteiger partial charge in [-0.2, -0.15) is 0 Å². The third-order valence-electron chi connectivity index (χ3n) is 5.00. The molecule has 0 radical (unpaired) electrons. The van der Waals surface area contributed by atoms with E-state index < -0.39 is 5.97 Å². The number of carbonyl (C=O) groups is 2. The summed E-state index contributed by atoms with van der Waals surface area (Å²) in [5, 5.41) is 11.9. The van der Waals surface area contributed by atoms with Crippen LogP contribution < -0.4 is 5.32 Å². The minimum absolute atomic E-state index is 0.0215. The fourth-order valence-electron chi connectivity index (χ4n) is 3.40. The van der Waals surface area contributed by atoms with Crippen molar-refractivity contribution in [1.82, 2.24) is 9.80 Å². The molecule has 0 saturated carbocycles. The van der Waals surface area contributed by atoms with Crippen LogP contribution in [0.1, 0.15) is 24.0 Å². The summed E-state index contributed by atoms with van der Waals surface area (Å²) < 4.78 is 0. The average Bonchev–Trinajstić information content (AvgIpc) is 2.73. The zero-order chi connectivity index (χ0) is 20.6. The number of likely N-dealkylation sites (tertiary alicyclic amines) is 1. The van der Waals surface area contributed by atoms with E-state index in [9.17, 15) is 9.59 Å². The van der Waals surface area contributed by atoms with Crippen LogP contribution in [0.3, 0.4) is 0 Å². The van der Waals surface area contributed by atoms with Crippen molar-refractivity contribution in [3.63, 3.8) is 0 Å².